The van der Waals surface area contributed by atoms with Crippen LogP contribution in [0.15, 0.2) is 0 Å². The molecular formula is C12H23NO2S. The summed E-state index contributed by atoms with van der Waals surface area (Å²) in [6.45, 7) is 8.24. The minimum atomic E-state index is -2.84. The Hall–Kier alpha value is -0.0900. The summed E-state index contributed by atoms with van der Waals surface area (Å²) in [7, 11) is -2.84. The molecule has 0 N–H and O–H groups in total. The van der Waals surface area contributed by atoms with E-state index in [1.54, 1.807) is 6.92 Å². The van der Waals surface area contributed by atoms with Gasteiger partial charge < -0.3 is 0 Å². The van der Waals surface area contributed by atoms with Gasteiger partial charge in [0, 0.05) is 24.9 Å². The first-order valence-electron chi connectivity index (χ1n) is 6.41. The highest BCUT2D eigenvalue weighted by Gasteiger charge is 2.52. The van der Waals surface area contributed by atoms with E-state index >= 15 is 0 Å². The molecule has 3 unspecified atom stereocenters. The molecule has 0 aromatic rings. The van der Waals surface area contributed by atoms with Crippen LogP contribution in [-0.2, 0) is 9.84 Å². The summed E-state index contributed by atoms with van der Waals surface area (Å²) >= 11 is 0. The molecule has 1 aliphatic carbocycles. The topological polar surface area (TPSA) is 37.4 Å². The highest BCUT2D eigenvalue weighted by molar-refractivity contribution is 7.92. The van der Waals surface area contributed by atoms with Crippen LogP contribution in [0.3, 0.4) is 0 Å². The van der Waals surface area contributed by atoms with E-state index in [1.165, 1.54) is 0 Å². The van der Waals surface area contributed by atoms with Gasteiger partial charge in [0.1, 0.15) is 0 Å². The molecule has 0 amide bonds. The van der Waals surface area contributed by atoms with E-state index in [9.17, 15) is 8.42 Å². The number of piperidine rings is 1. The quantitative estimate of drug-likeness (QED) is 0.754. The fourth-order valence-corrected chi connectivity index (χ4v) is 5.43. The molecule has 0 aromatic heterocycles. The number of rotatable bonds is 4. The van der Waals surface area contributed by atoms with Gasteiger partial charge in [0.25, 0.3) is 0 Å². The lowest BCUT2D eigenvalue weighted by Crippen LogP contribution is -2.39. The molecule has 1 saturated heterocycles. The van der Waals surface area contributed by atoms with Gasteiger partial charge in [0.05, 0.1) is 5.25 Å². The van der Waals surface area contributed by atoms with Crippen LogP contribution in [0.5, 0.6) is 0 Å². The smallest absolute Gasteiger partial charge is 0.154 e. The van der Waals surface area contributed by atoms with Crippen LogP contribution in [0.25, 0.3) is 0 Å². The molecule has 2 aliphatic rings. The van der Waals surface area contributed by atoms with Crippen molar-refractivity contribution in [2.24, 2.45) is 11.8 Å². The van der Waals surface area contributed by atoms with E-state index < -0.39 is 9.84 Å². The van der Waals surface area contributed by atoms with Gasteiger partial charge in [0.2, 0.25) is 0 Å². The van der Waals surface area contributed by atoms with Crippen molar-refractivity contribution < 1.29 is 8.42 Å². The Labute approximate surface area is 99.1 Å². The predicted octanol–water partition coefficient (Wildman–Crippen LogP) is 1.54. The number of nitrogens with zero attached hydrogens (tertiary/aromatic N) is 1. The predicted molar refractivity (Wildman–Crippen MR) is 66.2 cm³/mol. The van der Waals surface area contributed by atoms with Crippen LogP contribution in [0.4, 0.5) is 0 Å². The van der Waals surface area contributed by atoms with Crippen LogP contribution in [-0.4, -0.2) is 43.5 Å². The molecule has 2 fully saturated rings. The number of likely N-dealkylation sites (tertiary alicyclic amines) is 1. The van der Waals surface area contributed by atoms with Crippen LogP contribution in [0, 0.1) is 11.8 Å². The monoisotopic (exact) mass is 245 g/mol. The second kappa shape index (κ2) is 4.30. The van der Waals surface area contributed by atoms with Gasteiger partial charge in [0.15, 0.2) is 9.84 Å². The number of fused-ring (bicyclic) bond motifs is 2. The Bertz CT molecular complexity index is 350. The molecule has 3 nitrogen and oxygen atoms in total. The highest BCUT2D eigenvalue weighted by Crippen LogP contribution is 2.42. The summed E-state index contributed by atoms with van der Waals surface area (Å²) in [5.74, 6) is 1.35. The van der Waals surface area contributed by atoms with E-state index in [2.05, 4.69) is 18.7 Å². The standard InChI is InChI=1S/C12H23NO2S/c1-4-16(14,15)12-10-5-6-11(12)13(8-10)7-9(2)3/h9-12H,4-8H2,1-3H3. The summed E-state index contributed by atoms with van der Waals surface area (Å²) in [6.07, 6.45) is 2.20. The van der Waals surface area contributed by atoms with Crippen LogP contribution in [0.1, 0.15) is 33.6 Å². The zero-order valence-electron chi connectivity index (χ0n) is 10.5. The molecule has 1 saturated carbocycles. The largest absolute Gasteiger partial charge is 0.299 e. The normalized spacial score (nSPS) is 35.1. The average molecular weight is 245 g/mol. The third-order valence-corrected chi connectivity index (χ3v) is 6.36. The van der Waals surface area contributed by atoms with Gasteiger partial charge in [-0.1, -0.05) is 20.8 Å². The average Bonchev–Trinajstić information content (AvgIpc) is 2.74. The lowest BCUT2D eigenvalue weighted by molar-refractivity contribution is 0.192. The van der Waals surface area contributed by atoms with Crippen LogP contribution >= 0.6 is 0 Å². The van der Waals surface area contributed by atoms with Crippen LogP contribution in [0.2, 0.25) is 0 Å². The van der Waals surface area contributed by atoms with E-state index in [4.69, 9.17) is 0 Å². The van der Waals surface area contributed by atoms with E-state index in [-0.39, 0.29) is 5.25 Å². The Morgan fingerprint density at radius 2 is 2.00 bits per heavy atom. The summed E-state index contributed by atoms with van der Waals surface area (Å²) in [4.78, 5) is 2.41. The summed E-state index contributed by atoms with van der Waals surface area (Å²) in [5.41, 5.74) is 0. The van der Waals surface area contributed by atoms with Crippen LogP contribution < -0.4 is 0 Å². The minimum absolute atomic E-state index is 0.0590. The van der Waals surface area contributed by atoms with Crippen molar-refractivity contribution in [2.45, 2.75) is 44.9 Å². The molecule has 4 heteroatoms. The number of hydrogen-bond donors (Lipinski definition) is 0. The van der Waals surface area contributed by atoms with Crippen molar-refractivity contribution in [1.29, 1.82) is 0 Å². The molecule has 94 valence electrons. The molecule has 1 aliphatic heterocycles. The van der Waals surface area contributed by atoms with Crippen molar-refractivity contribution in [2.75, 3.05) is 18.8 Å². The third-order valence-electron chi connectivity index (χ3n) is 4.03. The SMILES string of the molecule is CCS(=O)(=O)C1C2CCC1N(CC(C)C)C2. The molecule has 1 heterocycles. The van der Waals surface area contributed by atoms with Gasteiger partial charge in [-0.05, 0) is 24.7 Å². The molecule has 0 radical (unpaired) electrons. The van der Waals surface area contributed by atoms with Gasteiger partial charge >= 0.3 is 0 Å². The molecule has 0 aromatic carbocycles. The first-order valence-corrected chi connectivity index (χ1v) is 8.13. The highest BCUT2D eigenvalue weighted by atomic mass is 32.2. The van der Waals surface area contributed by atoms with Crippen molar-refractivity contribution in [3.05, 3.63) is 0 Å². The Kier molecular flexibility index (Phi) is 3.32. The maximum atomic E-state index is 12.1. The molecule has 3 atom stereocenters. The second-order valence-corrected chi connectivity index (χ2v) is 8.12. The number of sulfone groups is 1. The summed E-state index contributed by atoms with van der Waals surface area (Å²) < 4.78 is 24.1. The fraction of sp³-hybridized carbons (Fsp3) is 1.00. The molecular weight excluding hydrogens is 222 g/mol. The lowest BCUT2D eigenvalue weighted by Gasteiger charge is -2.28. The number of hydrogen-bond acceptors (Lipinski definition) is 3. The first-order chi connectivity index (χ1) is 7.45. The molecule has 16 heavy (non-hydrogen) atoms. The zero-order chi connectivity index (χ0) is 11.9. The molecule has 2 rings (SSSR count). The van der Waals surface area contributed by atoms with Crippen molar-refractivity contribution in [1.82, 2.24) is 4.90 Å². The van der Waals surface area contributed by atoms with Gasteiger partial charge in [-0.3, -0.25) is 4.90 Å². The fourth-order valence-electron chi connectivity index (χ4n) is 3.45. The van der Waals surface area contributed by atoms with Gasteiger partial charge in [-0.2, -0.15) is 0 Å². The Morgan fingerprint density at radius 1 is 1.31 bits per heavy atom. The maximum Gasteiger partial charge on any atom is 0.154 e. The lowest BCUT2D eigenvalue weighted by atomic mass is 10.1. The van der Waals surface area contributed by atoms with E-state index in [1.807, 2.05) is 0 Å². The minimum Gasteiger partial charge on any atom is -0.299 e. The van der Waals surface area contributed by atoms with E-state index in [0.717, 1.165) is 25.9 Å². The Balaban J connectivity index is 2.14. The second-order valence-electron chi connectivity index (χ2n) is 5.67. The third kappa shape index (κ3) is 2.02. The van der Waals surface area contributed by atoms with Crippen molar-refractivity contribution in [3.8, 4) is 0 Å². The van der Waals surface area contributed by atoms with Gasteiger partial charge in [-0.25, -0.2) is 8.42 Å². The van der Waals surface area contributed by atoms with E-state index in [0.29, 0.717) is 23.6 Å². The zero-order valence-corrected chi connectivity index (χ0v) is 11.3. The van der Waals surface area contributed by atoms with Gasteiger partial charge in [-0.15, -0.1) is 0 Å². The molecule has 0 spiro atoms. The molecule has 2 bridgehead atoms. The van der Waals surface area contributed by atoms with Crippen molar-refractivity contribution >= 4 is 9.84 Å². The Morgan fingerprint density at radius 3 is 2.56 bits per heavy atom. The van der Waals surface area contributed by atoms with Crippen molar-refractivity contribution in [3.63, 3.8) is 0 Å². The first kappa shape index (κ1) is 12.4. The summed E-state index contributed by atoms with van der Waals surface area (Å²) in [6, 6.07) is 0.317. The maximum absolute atomic E-state index is 12.1. The summed E-state index contributed by atoms with van der Waals surface area (Å²) in [5, 5.41) is -0.0590.